The minimum atomic E-state index is -0.229. The number of benzene rings is 1. The maximum absolute atomic E-state index is 11.7. The summed E-state index contributed by atoms with van der Waals surface area (Å²) in [4.78, 5) is 20.3. The van der Waals surface area contributed by atoms with E-state index >= 15 is 0 Å². The second-order valence-electron chi connectivity index (χ2n) is 5.82. The summed E-state index contributed by atoms with van der Waals surface area (Å²) in [7, 11) is 1.57. The van der Waals surface area contributed by atoms with Crippen LogP contribution < -0.4 is 11.1 Å². The van der Waals surface area contributed by atoms with Gasteiger partial charge in [0.2, 0.25) is 0 Å². The third-order valence-electron chi connectivity index (χ3n) is 4.26. The summed E-state index contributed by atoms with van der Waals surface area (Å²) in [6.07, 6.45) is 4.14. The largest absolute Gasteiger partial charge is 0.508 e. The van der Waals surface area contributed by atoms with Gasteiger partial charge in [0, 0.05) is 36.1 Å². The van der Waals surface area contributed by atoms with Gasteiger partial charge >= 0.3 is 0 Å². The van der Waals surface area contributed by atoms with Crippen LogP contribution in [0.2, 0.25) is 0 Å². The lowest BCUT2D eigenvalue weighted by molar-refractivity contribution is 0.0958. The highest BCUT2D eigenvalue weighted by Gasteiger charge is 2.16. The van der Waals surface area contributed by atoms with Gasteiger partial charge in [-0.1, -0.05) is 39.0 Å². The van der Waals surface area contributed by atoms with Gasteiger partial charge in [0.15, 0.2) is 0 Å². The highest BCUT2D eigenvalue weighted by atomic mass is 16.3. The summed E-state index contributed by atoms with van der Waals surface area (Å²) >= 11 is 0. The molecule has 4 N–H and O–H groups in total. The Balaban J connectivity index is 0.00000136. The van der Waals surface area contributed by atoms with Gasteiger partial charge in [-0.3, -0.25) is 9.78 Å². The summed E-state index contributed by atoms with van der Waals surface area (Å²) in [6.45, 7) is 6.05. The SMILES string of the molecule is CC.CCc1c(-c2ccc(C(=O)NC)nc2)cnc(N)c1-c1ccc(O)cc1. The van der Waals surface area contributed by atoms with Gasteiger partial charge in [0.25, 0.3) is 5.91 Å². The van der Waals surface area contributed by atoms with E-state index in [0.717, 1.165) is 34.2 Å². The lowest BCUT2D eigenvalue weighted by Crippen LogP contribution is -2.18. The lowest BCUT2D eigenvalue weighted by Gasteiger charge is -2.16. The fourth-order valence-corrected chi connectivity index (χ4v) is 2.95. The number of nitrogens with two attached hydrogens (primary N) is 1. The highest BCUT2D eigenvalue weighted by Crippen LogP contribution is 2.36. The fraction of sp³-hybridized carbons (Fsp3) is 0.227. The van der Waals surface area contributed by atoms with Crippen LogP contribution >= 0.6 is 0 Å². The number of phenols is 1. The highest BCUT2D eigenvalue weighted by molar-refractivity contribution is 5.92. The molecule has 6 heteroatoms. The van der Waals surface area contributed by atoms with Crippen LogP contribution in [0, 0.1) is 0 Å². The van der Waals surface area contributed by atoms with E-state index in [4.69, 9.17) is 5.73 Å². The number of aromatic hydroxyl groups is 1. The molecule has 0 bridgehead atoms. The van der Waals surface area contributed by atoms with Crippen molar-refractivity contribution in [3.63, 3.8) is 0 Å². The van der Waals surface area contributed by atoms with Crippen LogP contribution in [0.1, 0.15) is 36.8 Å². The number of hydrogen-bond acceptors (Lipinski definition) is 5. The average molecular weight is 378 g/mol. The summed E-state index contributed by atoms with van der Waals surface area (Å²) in [5, 5.41) is 12.1. The van der Waals surface area contributed by atoms with E-state index in [1.807, 2.05) is 32.0 Å². The lowest BCUT2D eigenvalue weighted by atomic mass is 9.92. The van der Waals surface area contributed by atoms with Crippen molar-refractivity contribution in [2.75, 3.05) is 12.8 Å². The Morgan fingerprint density at radius 1 is 1.04 bits per heavy atom. The molecule has 6 nitrogen and oxygen atoms in total. The second kappa shape index (κ2) is 9.50. The molecular weight excluding hydrogens is 352 g/mol. The molecule has 0 unspecified atom stereocenters. The minimum Gasteiger partial charge on any atom is -0.508 e. The molecule has 0 fully saturated rings. The molecule has 1 amide bonds. The first-order chi connectivity index (χ1) is 13.5. The first-order valence-electron chi connectivity index (χ1n) is 9.30. The molecule has 3 rings (SSSR count). The smallest absolute Gasteiger partial charge is 0.269 e. The van der Waals surface area contributed by atoms with Gasteiger partial charge in [-0.25, -0.2) is 4.98 Å². The zero-order valence-corrected chi connectivity index (χ0v) is 16.7. The third-order valence-corrected chi connectivity index (χ3v) is 4.26. The standard InChI is InChI=1S/C20H20N4O2.C2H6/c1-3-15-16(13-6-9-17(23-10-13)20(26)22-2)11-24-19(21)18(15)12-4-7-14(25)8-5-12;1-2/h4-11,25H,3H2,1-2H3,(H2,21,24)(H,22,26);1-2H3. The van der Waals surface area contributed by atoms with Gasteiger partial charge in [-0.05, 0) is 35.7 Å². The minimum absolute atomic E-state index is 0.198. The summed E-state index contributed by atoms with van der Waals surface area (Å²) in [5.41, 5.74) is 11.1. The van der Waals surface area contributed by atoms with Crippen molar-refractivity contribution >= 4 is 11.7 Å². The fourth-order valence-electron chi connectivity index (χ4n) is 2.95. The van der Waals surface area contributed by atoms with Crippen molar-refractivity contribution in [1.29, 1.82) is 0 Å². The van der Waals surface area contributed by atoms with Gasteiger partial charge in [0.1, 0.15) is 17.3 Å². The number of carbonyl (C=O) groups excluding carboxylic acids is 1. The van der Waals surface area contributed by atoms with E-state index in [9.17, 15) is 9.90 Å². The Bertz CT molecular complexity index is 936. The number of rotatable bonds is 4. The Kier molecular flexibility index (Phi) is 7.09. The van der Waals surface area contributed by atoms with Gasteiger partial charge in [-0.2, -0.15) is 0 Å². The molecule has 2 heterocycles. The van der Waals surface area contributed by atoms with E-state index in [2.05, 4.69) is 22.2 Å². The molecule has 146 valence electrons. The average Bonchev–Trinajstić information content (AvgIpc) is 2.75. The Morgan fingerprint density at radius 2 is 1.68 bits per heavy atom. The molecule has 0 aliphatic carbocycles. The number of phenolic OH excluding ortho intramolecular Hbond substituents is 1. The molecule has 0 radical (unpaired) electrons. The first-order valence-corrected chi connectivity index (χ1v) is 9.30. The molecule has 3 aromatic rings. The van der Waals surface area contributed by atoms with Crippen molar-refractivity contribution in [3.05, 3.63) is 60.0 Å². The molecule has 0 aliphatic heterocycles. The predicted molar refractivity (Wildman–Crippen MR) is 113 cm³/mol. The summed E-state index contributed by atoms with van der Waals surface area (Å²) in [5.74, 6) is 0.405. The third kappa shape index (κ3) is 4.28. The summed E-state index contributed by atoms with van der Waals surface area (Å²) < 4.78 is 0. The van der Waals surface area contributed by atoms with Crippen molar-refractivity contribution in [2.45, 2.75) is 27.2 Å². The molecule has 2 aromatic heterocycles. The Hall–Kier alpha value is -3.41. The van der Waals surface area contributed by atoms with Gasteiger partial charge < -0.3 is 16.2 Å². The quantitative estimate of drug-likeness (QED) is 0.636. The zero-order valence-electron chi connectivity index (χ0n) is 16.7. The summed E-state index contributed by atoms with van der Waals surface area (Å²) in [6, 6.07) is 10.4. The Labute approximate surface area is 165 Å². The number of carbonyl (C=O) groups is 1. The molecule has 0 spiro atoms. The van der Waals surface area contributed by atoms with Crippen LogP contribution in [0.25, 0.3) is 22.3 Å². The molecular formula is C22H26N4O2. The van der Waals surface area contributed by atoms with Crippen LogP contribution in [0.4, 0.5) is 5.82 Å². The molecule has 1 aromatic carbocycles. The van der Waals surface area contributed by atoms with Crippen molar-refractivity contribution < 1.29 is 9.90 Å². The molecule has 0 atom stereocenters. The van der Waals surface area contributed by atoms with E-state index in [0.29, 0.717) is 11.5 Å². The van der Waals surface area contributed by atoms with Crippen LogP contribution in [-0.4, -0.2) is 28.0 Å². The normalized spacial score (nSPS) is 10.0. The van der Waals surface area contributed by atoms with E-state index < -0.39 is 0 Å². The zero-order chi connectivity index (χ0) is 20.7. The monoisotopic (exact) mass is 378 g/mol. The molecule has 0 aliphatic rings. The number of pyridine rings is 2. The first kappa shape index (κ1) is 20.9. The van der Waals surface area contributed by atoms with E-state index in [-0.39, 0.29) is 11.7 Å². The number of nitrogens with zero attached hydrogens (tertiary/aromatic N) is 2. The topological polar surface area (TPSA) is 101 Å². The van der Waals surface area contributed by atoms with Gasteiger partial charge in [-0.15, -0.1) is 0 Å². The predicted octanol–water partition coefficient (Wildman–Crippen LogP) is 4.05. The number of anilines is 1. The maximum Gasteiger partial charge on any atom is 0.269 e. The molecule has 0 saturated carbocycles. The van der Waals surface area contributed by atoms with Crippen molar-refractivity contribution in [2.24, 2.45) is 0 Å². The van der Waals surface area contributed by atoms with Crippen LogP contribution in [-0.2, 0) is 6.42 Å². The number of hydrogen-bond donors (Lipinski definition) is 3. The molecule has 28 heavy (non-hydrogen) atoms. The Morgan fingerprint density at radius 3 is 2.21 bits per heavy atom. The molecule has 0 saturated heterocycles. The van der Waals surface area contributed by atoms with Crippen molar-refractivity contribution in [3.8, 4) is 28.0 Å². The van der Waals surface area contributed by atoms with Crippen molar-refractivity contribution in [1.82, 2.24) is 15.3 Å². The van der Waals surface area contributed by atoms with Crippen LogP contribution in [0.15, 0.2) is 48.8 Å². The maximum atomic E-state index is 11.7. The number of aromatic nitrogens is 2. The second-order valence-corrected chi connectivity index (χ2v) is 5.82. The number of nitrogens with one attached hydrogen (secondary N) is 1. The van der Waals surface area contributed by atoms with Gasteiger partial charge in [0.05, 0.1) is 0 Å². The van der Waals surface area contributed by atoms with E-state index in [1.165, 1.54) is 0 Å². The van der Waals surface area contributed by atoms with Crippen LogP contribution in [0.5, 0.6) is 5.75 Å². The number of nitrogen functional groups attached to an aromatic ring is 1. The van der Waals surface area contributed by atoms with E-state index in [1.54, 1.807) is 37.6 Å². The van der Waals surface area contributed by atoms with Crippen LogP contribution in [0.3, 0.4) is 0 Å². The number of amides is 1.